The number of nitrogens with one attached hydrogen (secondary N) is 1. The average molecular weight is 473 g/mol. The smallest absolute Gasteiger partial charge is 0.226 e. The van der Waals surface area contributed by atoms with E-state index < -0.39 is 0 Å². The fraction of sp³-hybridized carbons (Fsp3) is 0.385. The number of carbonyl (C=O) groups is 2. The molecule has 1 N–H and O–H groups in total. The maximum absolute atomic E-state index is 12.2. The van der Waals surface area contributed by atoms with Crippen LogP contribution in [0.5, 0.6) is 5.75 Å². The fourth-order valence-electron chi connectivity index (χ4n) is 4.90. The molecule has 1 unspecified atom stereocenters. The van der Waals surface area contributed by atoms with Crippen LogP contribution in [0.4, 0.5) is 5.69 Å². The highest BCUT2D eigenvalue weighted by atomic mass is 16.5. The third-order valence-corrected chi connectivity index (χ3v) is 6.96. The molecule has 2 atom stereocenters. The Bertz CT molecular complexity index is 1300. The molecule has 2 aliphatic rings. The zero-order chi connectivity index (χ0) is 24.5. The van der Waals surface area contributed by atoms with Crippen LogP contribution in [0.15, 0.2) is 42.7 Å². The number of anilines is 1. The molecule has 9 heteroatoms. The number of ether oxygens (including phenoxy) is 1. The summed E-state index contributed by atoms with van der Waals surface area (Å²) in [6, 6.07) is 12.4. The summed E-state index contributed by atoms with van der Waals surface area (Å²) in [6.07, 6.45) is 3.80. The molecule has 0 saturated carbocycles. The van der Waals surface area contributed by atoms with Crippen LogP contribution in [-0.2, 0) is 9.59 Å². The van der Waals surface area contributed by atoms with Crippen molar-refractivity contribution in [1.29, 1.82) is 5.26 Å². The fourth-order valence-corrected chi connectivity index (χ4v) is 4.90. The molecule has 0 bridgehead atoms. The molecule has 2 saturated heterocycles. The Morgan fingerprint density at radius 2 is 1.94 bits per heavy atom. The number of hydrogen-bond acceptors (Lipinski definition) is 6. The number of carbonyl (C=O) groups excluding carboxylic acids is 2. The minimum atomic E-state index is -0.339. The summed E-state index contributed by atoms with van der Waals surface area (Å²) < 4.78 is 7.95. The molecular weight excluding hydrogens is 444 g/mol. The number of aromatic nitrogens is 2. The largest absolute Gasteiger partial charge is 0.488 e. The number of piperazine rings is 1. The minimum absolute atomic E-state index is 0.00147. The number of hydrogen-bond donors (Lipinski definition) is 1. The Morgan fingerprint density at radius 1 is 1.20 bits per heavy atom. The first kappa shape index (κ1) is 22.7. The van der Waals surface area contributed by atoms with Crippen molar-refractivity contribution in [2.75, 3.05) is 37.6 Å². The van der Waals surface area contributed by atoms with Gasteiger partial charge in [-0.1, -0.05) is 12.1 Å². The van der Waals surface area contributed by atoms with Gasteiger partial charge in [0.15, 0.2) is 0 Å². The summed E-state index contributed by atoms with van der Waals surface area (Å²) in [7, 11) is 0. The quantitative estimate of drug-likeness (QED) is 0.612. The summed E-state index contributed by atoms with van der Waals surface area (Å²) in [4.78, 5) is 27.9. The molecular formula is C26H28N6O3. The van der Waals surface area contributed by atoms with Crippen LogP contribution in [-0.4, -0.2) is 65.2 Å². The zero-order valence-corrected chi connectivity index (χ0v) is 19.9. The van der Waals surface area contributed by atoms with Gasteiger partial charge < -0.3 is 19.9 Å². The second-order valence-corrected chi connectivity index (χ2v) is 9.11. The van der Waals surface area contributed by atoms with Gasteiger partial charge in [0.1, 0.15) is 29.0 Å². The summed E-state index contributed by atoms with van der Waals surface area (Å²) >= 11 is 0. The average Bonchev–Trinajstić information content (AvgIpc) is 3.50. The van der Waals surface area contributed by atoms with E-state index in [0.717, 1.165) is 49.4 Å². The van der Waals surface area contributed by atoms with Crippen molar-refractivity contribution in [3.8, 4) is 22.9 Å². The predicted octanol–water partition coefficient (Wildman–Crippen LogP) is 2.44. The van der Waals surface area contributed by atoms with E-state index in [1.165, 1.54) is 6.20 Å². The molecule has 0 radical (unpaired) electrons. The van der Waals surface area contributed by atoms with E-state index in [4.69, 9.17) is 4.74 Å². The highest BCUT2D eigenvalue weighted by Crippen LogP contribution is 2.33. The van der Waals surface area contributed by atoms with Gasteiger partial charge in [-0.15, -0.1) is 0 Å². The van der Waals surface area contributed by atoms with E-state index in [0.29, 0.717) is 23.4 Å². The predicted molar refractivity (Wildman–Crippen MR) is 131 cm³/mol. The first-order valence-corrected chi connectivity index (χ1v) is 11.9. The van der Waals surface area contributed by atoms with Crippen LogP contribution in [0.2, 0.25) is 0 Å². The van der Waals surface area contributed by atoms with E-state index in [2.05, 4.69) is 45.7 Å². The topological polar surface area (TPSA) is 103 Å². The van der Waals surface area contributed by atoms with Gasteiger partial charge in [0.25, 0.3) is 0 Å². The number of rotatable bonds is 5. The summed E-state index contributed by atoms with van der Waals surface area (Å²) in [5, 5.41) is 16.8. The number of benzene rings is 1. The second kappa shape index (κ2) is 9.29. The lowest BCUT2D eigenvalue weighted by Gasteiger charge is -2.35. The van der Waals surface area contributed by atoms with Gasteiger partial charge in [-0.3, -0.25) is 9.59 Å². The minimum Gasteiger partial charge on any atom is -0.488 e. The SMILES string of the molecule is CC(=O)N1CCN(c2ccc(-c3cc(O[C@H](C)C4CCNC4=O)c4c(C#N)cnn4c3)cc2)CC1. The van der Waals surface area contributed by atoms with Crippen molar-refractivity contribution in [3.63, 3.8) is 0 Å². The van der Waals surface area contributed by atoms with Gasteiger partial charge in [0, 0.05) is 57.1 Å². The van der Waals surface area contributed by atoms with E-state index >= 15 is 0 Å². The molecule has 9 nitrogen and oxygen atoms in total. The molecule has 1 aromatic carbocycles. The molecule has 180 valence electrons. The molecule has 35 heavy (non-hydrogen) atoms. The first-order chi connectivity index (χ1) is 16.9. The lowest BCUT2D eigenvalue weighted by atomic mass is 10.0. The molecule has 0 spiro atoms. The maximum atomic E-state index is 12.2. The van der Waals surface area contributed by atoms with E-state index in [1.54, 1.807) is 11.4 Å². The maximum Gasteiger partial charge on any atom is 0.226 e. The standard InChI is InChI=1S/C26H28N6O3/c1-17(23-7-8-28-26(23)34)35-24-13-20(16-32-25(24)21(14-27)15-29-32)19-3-5-22(6-4-19)31-11-9-30(10-12-31)18(2)33/h3-6,13,15-17,23H,7-12H2,1-2H3,(H,28,34)/t17-,23?/m1/s1. The van der Waals surface area contributed by atoms with Crippen molar-refractivity contribution in [2.45, 2.75) is 26.4 Å². The molecule has 2 aromatic heterocycles. The summed E-state index contributed by atoms with van der Waals surface area (Å²) in [6.45, 7) is 7.22. The Labute approximate surface area is 203 Å². The van der Waals surface area contributed by atoms with Crippen LogP contribution in [0.3, 0.4) is 0 Å². The molecule has 2 aliphatic heterocycles. The van der Waals surface area contributed by atoms with Crippen LogP contribution >= 0.6 is 0 Å². The van der Waals surface area contributed by atoms with E-state index in [1.807, 2.05) is 24.1 Å². The monoisotopic (exact) mass is 472 g/mol. The van der Waals surface area contributed by atoms with Gasteiger partial charge >= 0.3 is 0 Å². The number of nitrogens with zero attached hydrogens (tertiary/aromatic N) is 5. The first-order valence-electron chi connectivity index (χ1n) is 11.9. The van der Waals surface area contributed by atoms with Crippen molar-refractivity contribution in [1.82, 2.24) is 19.8 Å². The number of pyridine rings is 1. The highest BCUT2D eigenvalue weighted by molar-refractivity contribution is 5.81. The third kappa shape index (κ3) is 4.39. The van der Waals surface area contributed by atoms with Crippen molar-refractivity contribution >= 4 is 23.0 Å². The van der Waals surface area contributed by atoms with E-state index in [9.17, 15) is 14.9 Å². The van der Waals surface area contributed by atoms with Crippen molar-refractivity contribution < 1.29 is 14.3 Å². The van der Waals surface area contributed by atoms with Gasteiger partial charge in [-0.25, -0.2) is 4.52 Å². The van der Waals surface area contributed by atoms with E-state index in [-0.39, 0.29) is 23.8 Å². The number of nitriles is 1. The van der Waals surface area contributed by atoms with Crippen LogP contribution in [0.1, 0.15) is 25.8 Å². The van der Waals surface area contributed by atoms with Gasteiger partial charge in [-0.2, -0.15) is 10.4 Å². The molecule has 4 heterocycles. The third-order valence-electron chi connectivity index (χ3n) is 6.96. The van der Waals surface area contributed by atoms with Crippen LogP contribution in [0, 0.1) is 17.2 Å². The second-order valence-electron chi connectivity index (χ2n) is 9.11. The Morgan fingerprint density at radius 3 is 2.57 bits per heavy atom. The highest BCUT2D eigenvalue weighted by Gasteiger charge is 2.31. The molecule has 5 rings (SSSR count). The van der Waals surface area contributed by atoms with Crippen molar-refractivity contribution in [3.05, 3.63) is 48.3 Å². The Balaban J connectivity index is 1.42. The molecule has 2 fully saturated rings. The molecule has 3 aromatic rings. The zero-order valence-electron chi connectivity index (χ0n) is 19.9. The molecule has 2 amide bonds. The van der Waals surface area contributed by atoms with Gasteiger partial charge in [0.05, 0.1) is 12.1 Å². The van der Waals surface area contributed by atoms with Crippen LogP contribution in [0.25, 0.3) is 16.6 Å². The van der Waals surface area contributed by atoms with Gasteiger partial charge in [-0.05, 0) is 37.1 Å². The van der Waals surface area contributed by atoms with Gasteiger partial charge in [0.2, 0.25) is 11.8 Å². The Kier molecular flexibility index (Phi) is 6.03. The van der Waals surface area contributed by atoms with Crippen LogP contribution < -0.4 is 15.0 Å². The number of amides is 2. The lowest BCUT2D eigenvalue weighted by molar-refractivity contribution is -0.129. The Hall–Kier alpha value is -4.06. The van der Waals surface area contributed by atoms with Crippen molar-refractivity contribution in [2.24, 2.45) is 5.92 Å². The normalized spacial score (nSPS) is 18.9. The number of fused-ring (bicyclic) bond motifs is 1. The lowest BCUT2D eigenvalue weighted by Crippen LogP contribution is -2.48. The summed E-state index contributed by atoms with van der Waals surface area (Å²) in [5.74, 6) is 0.427. The summed E-state index contributed by atoms with van der Waals surface area (Å²) in [5.41, 5.74) is 4.02. The molecule has 0 aliphatic carbocycles.